The lowest BCUT2D eigenvalue weighted by Crippen LogP contribution is -2.32. The van der Waals surface area contributed by atoms with E-state index in [9.17, 15) is 9.59 Å². The first-order valence-corrected chi connectivity index (χ1v) is 9.13. The van der Waals surface area contributed by atoms with E-state index in [1.807, 2.05) is 45.0 Å². The molecular weight excluding hydrogens is 451 g/mol. The Balaban J connectivity index is 1.96. The van der Waals surface area contributed by atoms with Gasteiger partial charge in [0.15, 0.2) is 0 Å². The minimum atomic E-state index is -0.512. The van der Waals surface area contributed by atoms with E-state index in [1.54, 1.807) is 12.1 Å². The van der Waals surface area contributed by atoms with Crippen LogP contribution in [0.1, 0.15) is 16.7 Å². The topological polar surface area (TPSA) is 49.4 Å². The first-order valence-electron chi connectivity index (χ1n) is 7.68. The van der Waals surface area contributed by atoms with Crippen LogP contribution >= 0.6 is 34.2 Å². The van der Waals surface area contributed by atoms with Crippen LogP contribution in [0.25, 0.3) is 0 Å². The number of hydrogen-bond acceptors (Lipinski definition) is 3. The molecule has 0 saturated carbocycles. The zero-order valence-electron chi connectivity index (χ0n) is 14.0. The summed E-state index contributed by atoms with van der Waals surface area (Å²) in [5.74, 6) is -0.958. The number of nitrogens with zero attached hydrogens (tertiary/aromatic N) is 1. The number of nitrogens with one attached hydrogen (secondary N) is 1. The van der Waals surface area contributed by atoms with Crippen LogP contribution in [0.2, 0.25) is 0 Å². The standard InChI is InChI=1S/C19H16ClIN2O2/c1-10-6-11(2)8-14(7-10)23-18(24)16(20)17(19(23)25)22-15-5-4-13(21)9-12(15)3/h4-9,22H,1-3H3. The predicted molar refractivity (Wildman–Crippen MR) is 109 cm³/mol. The highest BCUT2D eigenvalue weighted by Crippen LogP contribution is 2.32. The van der Waals surface area contributed by atoms with Crippen molar-refractivity contribution in [2.75, 3.05) is 10.2 Å². The molecule has 0 radical (unpaired) electrons. The number of anilines is 2. The van der Waals surface area contributed by atoms with Crippen molar-refractivity contribution < 1.29 is 9.59 Å². The average Bonchev–Trinajstić information content (AvgIpc) is 2.72. The van der Waals surface area contributed by atoms with Crippen molar-refractivity contribution in [2.45, 2.75) is 20.8 Å². The number of halogens is 2. The zero-order chi connectivity index (χ0) is 18.3. The van der Waals surface area contributed by atoms with E-state index in [0.29, 0.717) is 5.69 Å². The maximum atomic E-state index is 12.8. The maximum absolute atomic E-state index is 12.8. The Kier molecular flexibility index (Phi) is 4.88. The van der Waals surface area contributed by atoms with Gasteiger partial charge in [0, 0.05) is 9.26 Å². The summed E-state index contributed by atoms with van der Waals surface area (Å²) in [7, 11) is 0. The molecule has 0 saturated heterocycles. The SMILES string of the molecule is Cc1cc(C)cc(N2C(=O)C(Cl)=C(Nc3ccc(I)cc3C)C2=O)c1. The van der Waals surface area contributed by atoms with Crippen LogP contribution in [-0.2, 0) is 9.59 Å². The van der Waals surface area contributed by atoms with E-state index in [4.69, 9.17) is 11.6 Å². The van der Waals surface area contributed by atoms with E-state index >= 15 is 0 Å². The molecule has 1 N–H and O–H groups in total. The molecule has 1 aliphatic rings. The molecule has 0 fully saturated rings. The first-order chi connectivity index (χ1) is 11.8. The van der Waals surface area contributed by atoms with Crippen LogP contribution in [0.4, 0.5) is 11.4 Å². The van der Waals surface area contributed by atoms with Crippen molar-refractivity contribution in [1.82, 2.24) is 0 Å². The molecule has 0 spiro atoms. The zero-order valence-corrected chi connectivity index (χ0v) is 16.9. The highest BCUT2D eigenvalue weighted by molar-refractivity contribution is 14.1. The third kappa shape index (κ3) is 3.43. The Morgan fingerprint density at radius 2 is 1.60 bits per heavy atom. The fourth-order valence-electron chi connectivity index (χ4n) is 2.83. The summed E-state index contributed by atoms with van der Waals surface area (Å²) >= 11 is 8.40. The lowest BCUT2D eigenvalue weighted by atomic mass is 10.1. The Morgan fingerprint density at radius 1 is 0.960 bits per heavy atom. The van der Waals surface area contributed by atoms with E-state index in [2.05, 4.69) is 27.9 Å². The van der Waals surface area contributed by atoms with Crippen molar-refractivity contribution in [1.29, 1.82) is 0 Å². The molecule has 1 aliphatic heterocycles. The number of imide groups is 1. The summed E-state index contributed by atoms with van der Waals surface area (Å²) in [4.78, 5) is 26.5. The van der Waals surface area contributed by atoms with Gasteiger partial charge in [0.05, 0.1) is 5.69 Å². The Labute approximate surface area is 165 Å². The van der Waals surface area contributed by atoms with Crippen molar-refractivity contribution in [3.63, 3.8) is 0 Å². The number of carbonyl (C=O) groups excluding carboxylic acids is 2. The monoisotopic (exact) mass is 466 g/mol. The van der Waals surface area contributed by atoms with Gasteiger partial charge in [-0.15, -0.1) is 0 Å². The van der Waals surface area contributed by atoms with Crippen LogP contribution in [-0.4, -0.2) is 11.8 Å². The molecule has 3 rings (SSSR count). The van der Waals surface area contributed by atoms with Gasteiger partial charge in [-0.05, 0) is 90.4 Å². The summed E-state index contributed by atoms with van der Waals surface area (Å²) in [6.07, 6.45) is 0. The molecule has 4 nitrogen and oxygen atoms in total. The van der Waals surface area contributed by atoms with Gasteiger partial charge in [-0.3, -0.25) is 9.59 Å². The van der Waals surface area contributed by atoms with Crippen molar-refractivity contribution in [3.05, 3.63) is 67.4 Å². The number of aryl methyl sites for hydroxylation is 3. The molecule has 0 aliphatic carbocycles. The molecule has 0 aromatic heterocycles. The molecule has 0 atom stereocenters. The molecule has 0 bridgehead atoms. The second-order valence-corrected chi connectivity index (χ2v) is 7.69. The van der Waals surface area contributed by atoms with Gasteiger partial charge in [-0.1, -0.05) is 17.7 Å². The van der Waals surface area contributed by atoms with Crippen LogP contribution in [0.15, 0.2) is 47.1 Å². The summed E-state index contributed by atoms with van der Waals surface area (Å²) in [6.45, 7) is 5.78. The van der Waals surface area contributed by atoms with Gasteiger partial charge < -0.3 is 5.32 Å². The second-order valence-electron chi connectivity index (χ2n) is 6.06. The lowest BCUT2D eigenvalue weighted by molar-refractivity contribution is -0.120. The summed E-state index contributed by atoms with van der Waals surface area (Å²) in [6, 6.07) is 11.4. The van der Waals surface area contributed by atoms with E-state index in [0.717, 1.165) is 30.8 Å². The number of carbonyl (C=O) groups is 2. The molecule has 128 valence electrons. The van der Waals surface area contributed by atoms with Gasteiger partial charge in [0.25, 0.3) is 11.8 Å². The smallest absolute Gasteiger partial charge is 0.283 e. The average molecular weight is 467 g/mol. The summed E-state index contributed by atoms with van der Waals surface area (Å²) in [5.41, 5.74) is 4.30. The minimum absolute atomic E-state index is 0.0953. The number of hydrogen-bond donors (Lipinski definition) is 1. The summed E-state index contributed by atoms with van der Waals surface area (Å²) < 4.78 is 1.09. The molecule has 2 aromatic rings. The van der Waals surface area contributed by atoms with Gasteiger partial charge in [-0.25, -0.2) is 4.90 Å². The maximum Gasteiger partial charge on any atom is 0.283 e. The highest BCUT2D eigenvalue weighted by Gasteiger charge is 2.39. The number of rotatable bonds is 3. The molecule has 1 heterocycles. The highest BCUT2D eigenvalue weighted by atomic mass is 127. The van der Waals surface area contributed by atoms with Gasteiger partial charge in [-0.2, -0.15) is 0 Å². The van der Waals surface area contributed by atoms with Gasteiger partial charge >= 0.3 is 0 Å². The fourth-order valence-corrected chi connectivity index (χ4v) is 3.69. The number of amides is 2. The largest absolute Gasteiger partial charge is 0.349 e. The minimum Gasteiger partial charge on any atom is -0.349 e. The normalized spacial score (nSPS) is 14.5. The van der Waals surface area contributed by atoms with Gasteiger partial charge in [0.1, 0.15) is 10.7 Å². The fraction of sp³-hybridized carbons (Fsp3) is 0.158. The molecule has 25 heavy (non-hydrogen) atoms. The molecular formula is C19H16ClIN2O2. The van der Waals surface area contributed by atoms with Crippen molar-refractivity contribution >= 4 is 57.4 Å². The van der Waals surface area contributed by atoms with Crippen LogP contribution in [0.5, 0.6) is 0 Å². The van der Waals surface area contributed by atoms with E-state index in [1.165, 1.54) is 0 Å². The van der Waals surface area contributed by atoms with Gasteiger partial charge in [0.2, 0.25) is 0 Å². The van der Waals surface area contributed by atoms with E-state index in [-0.39, 0.29) is 10.7 Å². The van der Waals surface area contributed by atoms with Crippen molar-refractivity contribution in [3.8, 4) is 0 Å². The second kappa shape index (κ2) is 6.80. The quantitative estimate of drug-likeness (QED) is 0.529. The van der Waals surface area contributed by atoms with Crippen LogP contribution in [0, 0.1) is 24.3 Å². The Hall–Kier alpha value is -1.86. The Bertz CT molecular complexity index is 917. The molecule has 6 heteroatoms. The number of benzene rings is 2. The summed E-state index contributed by atoms with van der Waals surface area (Å²) in [5, 5.41) is 2.93. The first kappa shape index (κ1) is 17.9. The molecule has 2 aromatic carbocycles. The van der Waals surface area contributed by atoms with E-state index < -0.39 is 11.8 Å². The van der Waals surface area contributed by atoms with Crippen molar-refractivity contribution in [2.24, 2.45) is 0 Å². The third-order valence-corrected chi connectivity index (χ3v) is 4.96. The lowest BCUT2D eigenvalue weighted by Gasteiger charge is -2.17. The molecule has 2 amide bonds. The van der Waals surface area contributed by atoms with Crippen LogP contribution in [0.3, 0.4) is 0 Å². The van der Waals surface area contributed by atoms with Crippen LogP contribution < -0.4 is 10.2 Å². The predicted octanol–water partition coefficient (Wildman–Crippen LogP) is 4.65. The Morgan fingerprint density at radius 3 is 2.20 bits per heavy atom. The molecule has 0 unspecified atom stereocenters. The third-order valence-electron chi connectivity index (χ3n) is 3.94.